The zero-order valence-corrected chi connectivity index (χ0v) is 8.94. The minimum Gasteiger partial charge on any atom is -0.450 e. The molecule has 2 N–H and O–H groups in total. The van der Waals surface area contributed by atoms with Crippen LogP contribution in [0.1, 0.15) is 0 Å². The zero-order chi connectivity index (χ0) is 3.58. The van der Waals surface area contributed by atoms with E-state index in [4.69, 9.17) is 15.0 Å². The summed E-state index contributed by atoms with van der Waals surface area (Å²) in [7, 11) is 0. The van der Waals surface area contributed by atoms with Crippen molar-refractivity contribution in [1.29, 1.82) is 0 Å². The van der Waals surface area contributed by atoms with Crippen molar-refractivity contribution < 1.29 is 44.6 Å². The number of carbonyl (C=O) groups is 1. The van der Waals surface area contributed by atoms with Crippen LogP contribution in [0.15, 0.2) is 0 Å². The van der Waals surface area contributed by atoms with E-state index in [-0.39, 0.29) is 79.7 Å². The summed E-state index contributed by atoms with van der Waals surface area (Å²) in [6, 6.07) is 0. The predicted molar refractivity (Wildman–Crippen MR) is 23.7 cm³/mol. The maximum absolute atomic E-state index is 8.56. The van der Waals surface area contributed by atoms with Crippen molar-refractivity contribution in [1.82, 2.24) is 0 Å². The van der Waals surface area contributed by atoms with Crippen LogP contribution >= 0.6 is 12.4 Å². The number of hydrogen-bond donors (Lipinski definition) is 2. The number of hydrogen-bond acceptors (Lipinski definition) is 1. The quantitative estimate of drug-likeness (QED) is 0.379. The van der Waals surface area contributed by atoms with Gasteiger partial charge in [0.25, 0.3) is 0 Å². The molecular weight excluding hydrogens is 159 g/mol. The molecular formula is CH3CaClNaO3+3. The van der Waals surface area contributed by atoms with Crippen molar-refractivity contribution in [2.45, 2.75) is 0 Å². The van der Waals surface area contributed by atoms with Gasteiger partial charge in [0.05, 0.1) is 0 Å². The van der Waals surface area contributed by atoms with E-state index in [2.05, 4.69) is 0 Å². The van der Waals surface area contributed by atoms with Crippen LogP contribution in [0.25, 0.3) is 0 Å². The van der Waals surface area contributed by atoms with Gasteiger partial charge in [0.15, 0.2) is 0 Å². The summed E-state index contributed by atoms with van der Waals surface area (Å²) in [6.45, 7) is 0. The molecule has 32 valence electrons. The molecule has 0 unspecified atom stereocenters. The van der Waals surface area contributed by atoms with Crippen molar-refractivity contribution in [2.24, 2.45) is 0 Å². The summed E-state index contributed by atoms with van der Waals surface area (Å²) in [5.74, 6) is 0. The Labute approximate surface area is 99.2 Å². The Kier molecular flexibility index (Phi) is 51.9. The Morgan fingerprint density at radius 1 is 1.29 bits per heavy atom. The van der Waals surface area contributed by atoms with Crippen molar-refractivity contribution >= 4 is 56.3 Å². The number of halogens is 1. The Bertz CT molecular complexity index is 37.9. The van der Waals surface area contributed by atoms with E-state index in [1.165, 1.54) is 0 Å². The smallest absolute Gasteiger partial charge is 0.450 e. The van der Waals surface area contributed by atoms with Crippen LogP contribution in [-0.4, -0.2) is 54.1 Å². The maximum atomic E-state index is 8.56. The van der Waals surface area contributed by atoms with Crippen LogP contribution in [0.4, 0.5) is 4.79 Å². The molecule has 7 heavy (non-hydrogen) atoms. The van der Waals surface area contributed by atoms with Gasteiger partial charge in [-0.05, 0) is 0 Å². The topological polar surface area (TPSA) is 57.5 Å². The van der Waals surface area contributed by atoms with Gasteiger partial charge in [0.1, 0.15) is 0 Å². The van der Waals surface area contributed by atoms with Crippen LogP contribution in [0.3, 0.4) is 0 Å². The fourth-order valence-corrected chi connectivity index (χ4v) is 0. The monoisotopic (exact) mass is 161 g/mol. The van der Waals surface area contributed by atoms with Gasteiger partial charge in [-0.1, -0.05) is 0 Å². The second kappa shape index (κ2) is 15.7. The zero-order valence-electron chi connectivity index (χ0n) is 3.92. The normalized spacial score (nSPS) is 3.43. The summed E-state index contributed by atoms with van der Waals surface area (Å²) in [5, 5.41) is 13.9. The van der Waals surface area contributed by atoms with Gasteiger partial charge in [0.2, 0.25) is 0 Å². The van der Waals surface area contributed by atoms with Gasteiger partial charge >= 0.3 is 73.5 Å². The van der Waals surface area contributed by atoms with Crippen LogP contribution < -0.4 is 29.6 Å². The van der Waals surface area contributed by atoms with E-state index < -0.39 is 6.16 Å². The van der Waals surface area contributed by atoms with E-state index in [1.807, 2.05) is 0 Å². The van der Waals surface area contributed by atoms with Crippen molar-refractivity contribution in [3.05, 3.63) is 0 Å². The molecule has 0 spiro atoms. The molecule has 0 saturated carbocycles. The summed E-state index contributed by atoms with van der Waals surface area (Å²) in [4.78, 5) is 8.56. The standard InChI is InChI=1S/CH2O3.Ca.ClH.Na/c2-1(3)4;;;/h(H2,2,3,4);;1H;/q;+2;;+1. The summed E-state index contributed by atoms with van der Waals surface area (Å²) in [6.07, 6.45) is -1.83. The summed E-state index contributed by atoms with van der Waals surface area (Å²) >= 11 is 0. The van der Waals surface area contributed by atoms with E-state index in [1.54, 1.807) is 0 Å². The summed E-state index contributed by atoms with van der Waals surface area (Å²) < 4.78 is 0. The molecule has 0 radical (unpaired) electrons. The predicted octanol–water partition coefficient (Wildman–Crippen LogP) is -2.73. The molecule has 0 aromatic heterocycles. The fraction of sp³-hybridized carbons (Fsp3) is 0. The van der Waals surface area contributed by atoms with Crippen LogP contribution in [-0.2, 0) is 0 Å². The number of carboxylic acid groups (broad SMARTS) is 2. The first-order valence-corrected chi connectivity index (χ1v) is 0.651. The van der Waals surface area contributed by atoms with Crippen LogP contribution in [0.5, 0.6) is 0 Å². The fourth-order valence-electron chi connectivity index (χ4n) is 0. The van der Waals surface area contributed by atoms with Gasteiger partial charge in [-0.3, -0.25) is 0 Å². The molecule has 0 heterocycles. The van der Waals surface area contributed by atoms with Crippen molar-refractivity contribution in [3.8, 4) is 0 Å². The minimum atomic E-state index is -1.83. The third-order valence-electron chi connectivity index (χ3n) is 0. The third kappa shape index (κ3) is 80.0. The molecule has 0 aromatic carbocycles. The molecule has 0 atom stereocenters. The Balaban J connectivity index is -0.0000000150. The molecule has 0 saturated heterocycles. The maximum Gasteiger partial charge on any atom is 2.00 e. The average Bonchev–Trinajstić information content (AvgIpc) is 0.811. The van der Waals surface area contributed by atoms with Gasteiger partial charge in [0, 0.05) is 0 Å². The molecule has 0 fully saturated rings. The Morgan fingerprint density at radius 3 is 1.29 bits per heavy atom. The van der Waals surface area contributed by atoms with Crippen molar-refractivity contribution in [3.63, 3.8) is 0 Å². The second-order valence-electron chi connectivity index (χ2n) is 0.283. The molecule has 0 rings (SSSR count). The molecule has 0 aliphatic heterocycles. The first-order valence-electron chi connectivity index (χ1n) is 0.651. The molecule has 0 aliphatic rings. The molecule has 0 amide bonds. The Hall–Kier alpha value is 1.82. The third-order valence-corrected chi connectivity index (χ3v) is 0. The van der Waals surface area contributed by atoms with Crippen LogP contribution in [0.2, 0.25) is 0 Å². The minimum absolute atomic E-state index is 0. The van der Waals surface area contributed by atoms with E-state index >= 15 is 0 Å². The molecule has 3 nitrogen and oxygen atoms in total. The van der Waals surface area contributed by atoms with E-state index in [0.29, 0.717) is 0 Å². The molecule has 6 heteroatoms. The average molecular weight is 162 g/mol. The van der Waals surface area contributed by atoms with Gasteiger partial charge in [-0.2, -0.15) is 0 Å². The number of rotatable bonds is 0. The second-order valence-corrected chi connectivity index (χ2v) is 0.283. The van der Waals surface area contributed by atoms with Gasteiger partial charge in [-0.25, -0.2) is 4.79 Å². The Morgan fingerprint density at radius 2 is 1.29 bits per heavy atom. The molecule has 0 aliphatic carbocycles. The van der Waals surface area contributed by atoms with Gasteiger partial charge < -0.3 is 10.2 Å². The van der Waals surface area contributed by atoms with E-state index in [9.17, 15) is 0 Å². The SMILES string of the molecule is Cl.O=C(O)O.[Ca+2].[Na+]. The first kappa shape index (κ1) is 23.2. The largest absolute Gasteiger partial charge is 2.00 e. The van der Waals surface area contributed by atoms with E-state index in [0.717, 1.165) is 0 Å². The summed E-state index contributed by atoms with van der Waals surface area (Å²) in [5.41, 5.74) is 0. The first-order chi connectivity index (χ1) is 1.73. The molecule has 0 aromatic rings. The van der Waals surface area contributed by atoms with Gasteiger partial charge in [-0.15, -0.1) is 12.4 Å². The van der Waals surface area contributed by atoms with Crippen LogP contribution in [0, 0.1) is 0 Å². The molecule has 0 bridgehead atoms. The van der Waals surface area contributed by atoms with Crippen molar-refractivity contribution in [2.75, 3.05) is 0 Å².